The molecule has 1 aliphatic rings. The van der Waals surface area contributed by atoms with Crippen LogP contribution in [0.2, 0.25) is 0 Å². The van der Waals surface area contributed by atoms with E-state index in [1.54, 1.807) is 0 Å². The largest absolute Gasteiger partial charge is 0.458 e. The summed E-state index contributed by atoms with van der Waals surface area (Å²) in [5.41, 5.74) is 4.75. The van der Waals surface area contributed by atoms with Gasteiger partial charge in [-0.3, -0.25) is 0 Å². The minimum absolute atomic E-state index is 0.00314. The van der Waals surface area contributed by atoms with Crippen molar-refractivity contribution in [2.24, 2.45) is 0 Å². The molecule has 0 amide bonds. The third-order valence-corrected chi connectivity index (χ3v) is 4.59. The van der Waals surface area contributed by atoms with Gasteiger partial charge in [-0.2, -0.15) is 0 Å². The third kappa shape index (κ3) is 3.03. The summed E-state index contributed by atoms with van der Waals surface area (Å²) in [7, 11) is 0. The summed E-state index contributed by atoms with van der Waals surface area (Å²) in [6, 6.07) is 27.3. The molecular formula is C23H21NO. The summed E-state index contributed by atoms with van der Waals surface area (Å²) in [5, 5.41) is 0. The van der Waals surface area contributed by atoms with Gasteiger partial charge in [0.25, 0.3) is 0 Å². The second-order valence-electron chi connectivity index (χ2n) is 6.47. The van der Waals surface area contributed by atoms with Gasteiger partial charge in [-0.25, -0.2) is 0 Å². The maximum Gasteiger partial charge on any atom is 0.150 e. The molecule has 2 heteroatoms. The minimum Gasteiger partial charge on any atom is -0.458 e. The first-order valence-corrected chi connectivity index (χ1v) is 8.55. The number of rotatable bonds is 3. The van der Waals surface area contributed by atoms with Crippen LogP contribution in [0.5, 0.6) is 5.75 Å². The van der Waals surface area contributed by atoms with E-state index < -0.39 is 0 Å². The van der Waals surface area contributed by atoms with Crippen molar-refractivity contribution in [1.82, 2.24) is 0 Å². The first-order chi connectivity index (χ1) is 12.2. The third-order valence-electron chi connectivity index (χ3n) is 4.59. The summed E-state index contributed by atoms with van der Waals surface area (Å²) in [6.45, 7) is 7.11. The van der Waals surface area contributed by atoms with Crippen LogP contribution in [0, 0.1) is 6.92 Å². The van der Waals surface area contributed by atoms with Crippen LogP contribution in [-0.2, 0) is 6.54 Å². The summed E-state index contributed by atoms with van der Waals surface area (Å²) < 4.78 is 6.11. The Bertz CT molecular complexity index is 886. The van der Waals surface area contributed by atoms with E-state index in [9.17, 15) is 0 Å². The van der Waals surface area contributed by atoms with Gasteiger partial charge < -0.3 is 9.64 Å². The van der Waals surface area contributed by atoms with E-state index >= 15 is 0 Å². The highest BCUT2D eigenvalue weighted by atomic mass is 16.5. The lowest BCUT2D eigenvalue weighted by atomic mass is 9.99. The van der Waals surface area contributed by atoms with E-state index in [2.05, 4.69) is 85.1 Å². The lowest BCUT2D eigenvalue weighted by Crippen LogP contribution is -2.34. The molecule has 0 unspecified atom stereocenters. The van der Waals surface area contributed by atoms with E-state index in [0.717, 1.165) is 23.7 Å². The average molecular weight is 327 g/mol. The van der Waals surface area contributed by atoms with Gasteiger partial charge in [0, 0.05) is 6.54 Å². The Hall–Kier alpha value is -3.00. The van der Waals surface area contributed by atoms with Crippen molar-refractivity contribution in [3.63, 3.8) is 0 Å². The monoisotopic (exact) mass is 327 g/mol. The molecule has 0 fully saturated rings. The Morgan fingerprint density at radius 1 is 0.920 bits per heavy atom. The Morgan fingerprint density at radius 3 is 2.32 bits per heavy atom. The molecule has 0 saturated heterocycles. The standard InChI is InChI=1S/C23H21NO/c1-17-13-14-21-22(15-17)25-18(2)23(20-11-7-4-8-12-20)24(21)16-19-9-5-3-6-10-19/h3-15,23H,2,16H2,1H3/t23-/m1/s1. The molecule has 0 N–H and O–H groups in total. The lowest BCUT2D eigenvalue weighted by Gasteiger charge is -2.40. The van der Waals surface area contributed by atoms with Crippen LogP contribution in [0.4, 0.5) is 5.69 Å². The van der Waals surface area contributed by atoms with Crippen LogP contribution in [0.15, 0.2) is 91.2 Å². The van der Waals surface area contributed by atoms with Crippen LogP contribution >= 0.6 is 0 Å². The molecule has 0 aromatic heterocycles. The fourth-order valence-corrected chi connectivity index (χ4v) is 3.41. The molecule has 4 rings (SSSR count). The van der Waals surface area contributed by atoms with Gasteiger partial charge in [0.05, 0.1) is 5.69 Å². The smallest absolute Gasteiger partial charge is 0.150 e. The van der Waals surface area contributed by atoms with Gasteiger partial charge in [0.1, 0.15) is 11.8 Å². The minimum atomic E-state index is -0.00314. The fraction of sp³-hybridized carbons (Fsp3) is 0.130. The van der Waals surface area contributed by atoms with Crippen molar-refractivity contribution in [3.8, 4) is 5.75 Å². The second-order valence-corrected chi connectivity index (χ2v) is 6.47. The quantitative estimate of drug-likeness (QED) is 0.616. The Morgan fingerprint density at radius 2 is 1.60 bits per heavy atom. The molecule has 0 saturated carbocycles. The number of nitrogens with zero attached hydrogens (tertiary/aromatic N) is 1. The highest BCUT2D eigenvalue weighted by Gasteiger charge is 2.32. The molecule has 0 radical (unpaired) electrons. The van der Waals surface area contributed by atoms with E-state index in [0.29, 0.717) is 0 Å². The van der Waals surface area contributed by atoms with E-state index in [1.807, 2.05) is 12.1 Å². The molecule has 3 aromatic carbocycles. The van der Waals surface area contributed by atoms with Crippen LogP contribution in [0.1, 0.15) is 22.7 Å². The van der Waals surface area contributed by atoms with Crippen molar-refractivity contribution in [1.29, 1.82) is 0 Å². The van der Waals surface area contributed by atoms with Crippen molar-refractivity contribution >= 4 is 5.69 Å². The first kappa shape index (κ1) is 15.5. The van der Waals surface area contributed by atoms with Gasteiger partial charge in [-0.15, -0.1) is 0 Å². The molecule has 1 heterocycles. The molecule has 2 nitrogen and oxygen atoms in total. The predicted molar refractivity (Wildman–Crippen MR) is 103 cm³/mol. The second kappa shape index (κ2) is 6.48. The van der Waals surface area contributed by atoms with Crippen molar-refractivity contribution in [2.45, 2.75) is 19.5 Å². The molecule has 0 spiro atoms. The molecule has 124 valence electrons. The van der Waals surface area contributed by atoms with Crippen LogP contribution in [0.3, 0.4) is 0 Å². The Balaban J connectivity index is 1.82. The maximum atomic E-state index is 6.11. The van der Waals surface area contributed by atoms with Gasteiger partial charge in [0.2, 0.25) is 0 Å². The fourth-order valence-electron chi connectivity index (χ4n) is 3.41. The average Bonchev–Trinajstić information content (AvgIpc) is 2.63. The van der Waals surface area contributed by atoms with Gasteiger partial charge in [-0.1, -0.05) is 73.3 Å². The SMILES string of the molecule is C=C1Oc2cc(C)ccc2N(Cc2ccccc2)[C@H]1c1ccccc1. The van der Waals surface area contributed by atoms with Crippen molar-refractivity contribution < 1.29 is 4.74 Å². The zero-order valence-electron chi connectivity index (χ0n) is 14.4. The van der Waals surface area contributed by atoms with Gasteiger partial charge in [-0.05, 0) is 35.7 Å². The first-order valence-electron chi connectivity index (χ1n) is 8.55. The zero-order valence-corrected chi connectivity index (χ0v) is 14.4. The molecule has 0 aliphatic carbocycles. The number of hydrogen-bond acceptors (Lipinski definition) is 2. The summed E-state index contributed by atoms with van der Waals surface area (Å²) >= 11 is 0. The van der Waals surface area contributed by atoms with E-state index in [1.165, 1.54) is 16.7 Å². The predicted octanol–water partition coefficient (Wildman–Crippen LogP) is 5.65. The Kier molecular flexibility index (Phi) is 4.02. The highest BCUT2D eigenvalue weighted by Crippen LogP contribution is 2.44. The molecule has 0 bridgehead atoms. The van der Waals surface area contributed by atoms with E-state index in [4.69, 9.17) is 4.74 Å². The Labute approximate surface area is 149 Å². The lowest BCUT2D eigenvalue weighted by molar-refractivity contribution is 0.355. The number of ether oxygens (including phenoxy) is 1. The number of aryl methyl sites for hydroxylation is 1. The summed E-state index contributed by atoms with van der Waals surface area (Å²) in [6.07, 6.45) is 0. The number of fused-ring (bicyclic) bond motifs is 1. The normalized spacial score (nSPS) is 16.3. The number of benzene rings is 3. The highest BCUT2D eigenvalue weighted by molar-refractivity contribution is 5.65. The summed E-state index contributed by atoms with van der Waals surface area (Å²) in [5.74, 6) is 1.65. The molecular weight excluding hydrogens is 306 g/mol. The molecule has 1 atom stereocenters. The van der Waals surface area contributed by atoms with Crippen LogP contribution in [0.25, 0.3) is 0 Å². The van der Waals surface area contributed by atoms with Crippen LogP contribution in [-0.4, -0.2) is 0 Å². The van der Waals surface area contributed by atoms with Crippen molar-refractivity contribution in [2.75, 3.05) is 4.90 Å². The number of hydrogen-bond donors (Lipinski definition) is 0. The van der Waals surface area contributed by atoms with Crippen LogP contribution < -0.4 is 9.64 Å². The number of anilines is 1. The maximum absolute atomic E-state index is 6.11. The van der Waals surface area contributed by atoms with Gasteiger partial charge in [0.15, 0.2) is 5.75 Å². The van der Waals surface area contributed by atoms with Gasteiger partial charge >= 0.3 is 0 Å². The zero-order chi connectivity index (χ0) is 17.2. The topological polar surface area (TPSA) is 12.5 Å². The van der Waals surface area contributed by atoms with E-state index in [-0.39, 0.29) is 6.04 Å². The molecule has 3 aromatic rings. The molecule has 1 aliphatic heterocycles. The molecule has 25 heavy (non-hydrogen) atoms. The summed E-state index contributed by atoms with van der Waals surface area (Å²) in [4.78, 5) is 2.38. The van der Waals surface area contributed by atoms with Crippen molar-refractivity contribution in [3.05, 3.63) is 108 Å².